The summed E-state index contributed by atoms with van der Waals surface area (Å²) in [5.41, 5.74) is 2.19. The highest BCUT2D eigenvalue weighted by molar-refractivity contribution is 9.10. The summed E-state index contributed by atoms with van der Waals surface area (Å²) in [5.74, 6) is 0.712. The highest BCUT2D eigenvalue weighted by atomic mass is 79.9. The van der Waals surface area contributed by atoms with Gasteiger partial charge in [-0.1, -0.05) is 28.1 Å². The molecule has 0 saturated carbocycles. The van der Waals surface area contributed by atoms with E-state index >= 15 is 0 Å². The fourth-order valence-electron chi connectivity index (χ4n) is 2.27. The van der Waals surface area contributed by atoms with E-state index in [1.165, 1.54) is 17.8 Å². The third-order valence-electron chi connectivity index (χ3n) is 3.68. The maximum atomic E-state index is 13.9. The Bertz CT molecular complexity index is 774. The third-order valence-corrected chi connectivity index (χ3v) is 5.16. The molecule has 0 fully saturated rings. The molecule has 0 spiro atoms. The van der Waals surface area contributed by atoms with Crippen LogP contribution >= 0.6 is 27.7 Å². The van der Waals surface area contributed by atoms with Crippen molar-refractivity contribution in [3.63, 3.8) is 0 Å². The second kappa shape index (κ2) is 9.59. The summed E-state index contributed by atoms with van der Waals surface area (Å²) in [6.07, 6.45) is 0. The summed E-state index contributed by atoms with van der Waals surface area (Å²) < 4.78 is 14.7. The lowest BCUT2D eigenvalue weighted by molar-refractivity contribution is -0.128. The Balaban J connectivity index is 1.89. The molecule has 0 heterocycles. The van der Waals surface area contributed by atoms with Gasteiger partial charge in [0.2, 0.25) is 5.91 Å². The van der Waals surface area contributed by atoms with Gasteiger partial charge in [-0.25, -0.2) is 4.39 Å². The highest BCUT2D eigenvalue weighted by Gasteiger charge is 2.14. The molecule has 0 aliphatic carbocycles. The topological polar surface area (TPSA) is 44.1 Å². The lowest BCUT2D eigenvalue weighted by Crippen LogP contribution is -2.32. The highest BCUT2D eigenvalue weighted by Crippen LogP contribution is 2.19. The van der Waals surface area contributed by atoms with Crippen LogP contribution in [0.3, 0.4) is 0 Å². The number of amides is 1. The Morgan fingerprint density at radius 3 is 2.64 bits per heavy atom. The average molecular weight is 421 g/mol. The summed E-state index contributed by atoms with van der Waals surface area (Å²) >= 11 is 4.84. The number of carbonyl (C=O) groups is 1. The second-order valence-electron chi connectivity index (χ2n) is 5.45. The molecule has 0 aliphatic rings. The monoisotopic (exact) mass is 420 g/mol. The van der Waals surface area contributed by atoms with Crippen LogP contribution in [0.25, 0.3) is 0 Å². The van der Waals surface area contributed by atoms with Crippen molar-refractivity contribution < 1.29 is 9.18 Å². The Morgan fingerprint density at radius 2 is 2.00 bits per heavy atom. The first-order chi connectivity index (χ1) is 12.0. The zero-order valence-corrected chi connectivity index (χ0v) is 16.2. The maximum Gasteiger partial charge on any atom is 0.232 e. The molecule has 2 aromatic carbocycles. The van der Waals surface area contributed by atoms with Gasteiger partial charge in [0.25, 0.3) is 0 Å². The van der Waals surface area contributed by atoms with Crippen LogP contribution in [0, 0.1) is 17.1 Å². The molecular weight excluding hydrogens is 403 g/mol. The molecule has 1 amide bonds. The van der Waals surface area contributed by atoms with Crippen molar-refractivity contribution in [2.75, 3.05) is 12.3 Å². The molecule has 0 bridgehead atoms. The zero-order valence-electron chi connectivity index (χ0n) is 13.8. The Labute approximate surface area is 160 Å². The lowest BCUT2D eigenvalue weighted by atomic mass is 10.2. The minimum Gasteiger partial charge on any atom is -0.338 e. The first-order valence-electron chi connectivity index (χ1n) is 7.82. The van der Waals surface area contributed by atoms with Crippen LogP contribution in [0.15, 0.2) is 46.9 Å². The largest absolute Gasteiger partial charge is 0.338 e. The number of rotatable bonds is 7. The van der Waals surface area contributed by atoms with Crippen molar-refractivity contribution in [2.24, 2.45) is 0 Å². The van der Waals surface area contributed by atoms with Crippen molar-refractivity contribution in [3.05, 3.63) is 69.4 Å². The predicted molar refractivity (Wildman–Crippen MR) is 103 cm³/mol. The van der Waals surface area contributed by atoms with E-state index in [0.29, 0.717) is 29.2 Å². The van der Waals surface area contributed by atoms with Crippen molar-refractivity contribution >= 4 is 33.6 Å². The van der Waals surface area contributed by atoms with Crippen molar-refractivity contribution in [1.82, 2.24) is 4.90 Å². The van der Waals surface area contributed by atoms with Gasteiger partial charge in [-0.2, -0.15) is 5.26 Å². The van der Waals surface area contributed by atoms with Gasteiger partial charge in [0.05, 0.1) is 17.4 Å². The van der Waals surface area contributed by atoms with Crippen LogP contribution in [0.5, 0.6) is 0 Å². The van der Waals surface area contributed by atoms with Gasteiger partial charge in [-0.15, -0.1) is 11.8 Å². The molecular formula is C19H18BrFN2OS. The van der Waals surface area contributed by atoms with Crippen molar-refractivity contribution in [3.8, 4) is 6.07 Å². The van der Waals surface area contributed by atoms with E-state index in [1.807, 2.05) is 19.1 Å². The van der Waals surface area contributed by atoms with Crippen LogP contribution in [-0.4, -0.2) is 23.1 Å². The molecule has 0 atom stereocenters. The molecule has 0 aliphatic heterocycles. The zero-order chi connectivity index (χ0) is 18.2. The Hall–Kier alpha value is -1.84. The van der Waals surface area contributed by atoms with Gasteiger partial charge in [0.1, 0.15) is 5.82 Å². The fourth-order valence-corrected chi connectivity index (χ4v) is 3.57. The van der Waals surface area contributed by atoms with Gasteiger partial charge >= 0.3 is 0 Å². The van der Waals surface area contributed by atoms with E-state index in [4.69, 9.17) is 5.26 Å². The molecule has 0 aromatic heterocycles. The quantitative estimate of drug-likeness (QED) is 0.649. The van der Waals surface area contributed by atoms with Crippen LogP contribution in [0.4, 0.5) is 4.39 Å². The van der Waals surface area contributed by atoms with Crippen LogP contribution < -0.4 is 0 Å². The van der Waals surface area contributed by atoms with Gasteiger partial charge in [-0.3, -0.25) is 4.79 Å². The SMILES string of the molecule is CCN(Cc1cc(Br)ccc1F)C(=O)CSCc1ccc(C#N)cc1. The van der Waals surface area contributed by atoms with E-state index < -0.39 is 0 Å². The molecule has 0 unspecified atom stereocenters. The van der Waals surface area contributed by atoms with Crippen LogP contribution in [0.2, 0.25) is 0 Å². The molecule has 25 heavy (non-hydrogen) atoms. The summed E-state index contributed by atoms with van der Waals surface area (Å²) in [6, 6.07) is 14.2. The second-order valence-corrected chi connectivity index (χ2v) is 7.35. The van der Waals surface area contributed by atoms with Gasteiger partial charge in [-0.05, 0) is 42.8 Å². The standard InChI is InChI=1S/C19H18BrFN2OS/c1-2-23(11-16-9-17(20)7-8-18(16)21)19(24)13-25-12-15-5-3-14(10-22)4-6-15/h3-9H,2,11-13H2,1H3. The first-order valence-corrected chi connectivity index (χ1v) is 9.76. The number of hydrogen-bond acceptors (Lipinski definition) is 3. The number of halogens is 2. The summed E-state index contributed by atoms with van der Waals surface area (Å²) in [4.78, 5) is 14.0. The lowest BCUT2D eigenvalue weighted by Gasteiger charge is -2.21. The molecule has 0 saturated heterocycles. The molecule has 130 valence electrons. The molecule has 0 radical (unpaired) electrons. The summed E-state index contributed by atoms with van der Waals surface area (Å²) in [7, 11) is 0. The van der Waals surface area contributed by atoms with E-state index in [1.54, 1.807) is 29.2 Å². The Morgan fingerprint density at radius 1 is 1.28 bits per heavy atom. The van der Waals surface area contributed by atoms with Crippen molar-refractivity contribution in [1.29, 1.82) is 5.26 Å². The minimum atomic E-state index is -0.306. The van der Waals surface area contributed by atoms with E-state index in [-0.39, 0.29) is 18.3 Å². The molecule has 0 N–H and O–H groups in total. The fraction of sp³-hybridized carbons (Fsp3) is 0.263. The smallest absolute Gasteiger partial charge is 0.232 e. The molecule has 3 nitrogen and oxygen atoms in total. The third kappa shape index (κ3) is 5.87. The summed E-state index contributed by atoms with van der Waals surface area (Å²) in [6.45, 7) is 2.68. The van der Waals surface area contributed by atoms with Crippen LogP contribution in [0.1, 0.15) is 23.6 Å². The summed E-state index contributed by atoms with van der Waals surface area (Å²) in [5, 5.41) is 8.79. The van der Waals surface area contributed by atoms with Crippen molar-refractivity contribution in [2.45, 2.75) is 19.2 Å². The predicted octanol–water partition coefficient (Wildman–Crippen LogP) is 4.74. The number of nitriles is 1. The van der Waals surface area contributed by atoms with E-state index in [0.717, 1.165) is 10.0 Å². The van der Waals surface area contributed by atoms with Crippen LogP contribution in [-0.2, 0) is 17.1 Å². The molecule has 2 aromatic rings. The van der Waals surface area contributed by atoms with E-state index in [9.17, 15) is 9.18 Å². The number of benzene rings is 2. The molecule has 6 heteroatoms. The number of carbonyl (C=O) groups excluding carboxylic acids is 1. The number of thioether (sulfide) groups is 1. The van der Waals surface area contributed by atoms with Gasteiger partial charge < -0.3 is 4.90 Å². The normalized spacial score (nSPS) is 10.3. The molecule has 2 rings (SSSR count). The van der Waals surface area contributed by atoms with E-state index in [2.05, 4.69) is 22.0 Å². The van der Waals surface area contributed by atoms with Gasteiger partial charge in [0, 0.05) is 28.9 Å². The first kappa shape index (κ1) is 19.5. The maximum absolute atomic E-state index is 13.9. The minimum absolute atomic E-state index is 0.0134. The number of hydrogen-bond donors (Lipinski definition) is 0. The Kier molecular flexibility index (Phi) is 7.48. The van der Waals surface area contributed by atoms with Gasteiger partial charge in [0.15, 0.2) is 0 Å². The average Bonchev–Trinajstić information content (AvgIpc) is 2.62. The number of nitrogens with zero attached hydrogens (tertiary/aromatic N) is 2.